The molecule has 1 amide bonds. The number of ether oxygens (including phenoxy) is 1. The third-order valence-corrected chi connectivity index (χ3v) is 6.13. The molecule has 1 saturated heterocycles. The third kappa shape index (κ3) is 2.76. The Morgan fingerprint density at radius 3 is 2.59 bits per heavy atom. The molecule has 0 aliphatic carbocycles. The minimum atomic E-state index is -3.49. The molecule has 3 rings (SSSR count). The van der Waals surface area contributed by atoms with Gasteiger partial charge in [0.1, 0.15) is 0 Å². The van der Waals surface area contributed by atoms with Crippen LogP contribution in [0.25, 0.3) is 0 Å². The van der Waals surface area contributed by atoms with Crippen LogP contribution in [-0.2, 0) is 26.0 Å². The van der Waals surface area contributed by atoms with Crippen LogP contribution in [0, 0.1) is 0 Å². The molecule has 1 aromatic carbocycles. The molecule has 0 spiro atoms. The van der Waals surface area contributed by atoms with Crippen molar-refractivity contribution in [3.05, 3.63) is 23.8 Å². The molecule has 0 atom stereocenters. The van der Waals surface area contributed by atoms with Gasteiger partial charge in [-0.2, -0.15) is 4.31 Å². The first-order valence-corrected chi connectivity index (χ1v) is 8.91. The summed E-state index contributed by atoms with van der Waals surface area (Å²) in [6.07, 6.45) is 1.96. The van der Waals surface area contributed by atoms with Gasteiger partial charge in [-0.05, 0) is 36.6 Å². The third-order valence-electron chi connectivity index (χ3n) is 4.23. The van der Waals surface area contributed by atoms with Crippen LogP contribution in [-0.4, -0.2) is 52.0 Å². The average Bonchev–Trinajstić information content (AvgIpc) is 2.67. The summed E-state index contributed by atoms with van der Waals surface area (Å²) >= 11 is 0. The molecule has 0 radical (unpaired) electrons. The summed E-state index contributed by atoms with van der Waals surface area (Å²) in [6.45, 7) is 1.64. The van der Waals surface area contributed by atoms with E-state index in [0.717, 1.165) is 24.1 Å². The largest absolute Gasteiger partial charge is 0.379 e. The van der Waals surface area contributed by atoms with Gasteiger partial charge < -0.3 is 9.64 Å². The van der Waals surface area contributed by atoms with Crippen LogP contribution >= 0.6 is 0 Å². The Morgan fingerprint density at radius 2 is 1.86 bits per heavy atom. The van der Waals surface area contributed by atoms with Crippen LogP contribution in [0.4, 0.5) is 5.69 Å². The molecule has 0 unspecified atom stereocenters. The number of benzene rings is 1. The number of carbonyl (C=O) groups excluding carboxylic acids is 1. The van der Waals surface area contributed by atoms with E-state index in [-0.39, 0.29) is 5.91 Å². The Kier molecular flexibility index (Phi) is 4.20. The van der Waals surface area contributed by atoms with Crippen molar-refractivity contribution in [1.82, 2.24) is 4.31 Å². The summed E-state index contributed by atoms with van der Waals surface area (Å²) in [6, 6.07) is 5.06. The monoisotopic (exact) mass is 324 g/mol. The number of hydrogen-bond acceptors (Lipinski definition) is 4. The molecule has 0 aromatic heterocycles. The highest BCUT2D eigenvalue weighted by Crippen LogP contribution is 2.29. The lowest BCUT2D eigenvalue weighted by Crippen LogP contribution is -2.40. The Balaban J connectivity index is 1.96. The van der Waals surface area contributed by atoms with Gasteiger partial charge in [-0.25, -0.2) is 8.42 Å². The fourth-order valence-corrected chi connectivity index (χ4v) is 4.38. The van der Waals surface area contributed by atoms with Crippen LogP contribution in [0.15, 0.2) is 23.1 Å². The number of anilines is 1. The van der Waals surface area contributed by atoms with E-state index in [1.807, 2.05) is 0 Å². The van der Waals surface area contributed by atoms with Gasteiger partial charge in [0.15, 0.2) is 0 Å². The zero-order valence-electron chi connectivity index (χ0n) is 12.6. The maximum absolute atomic E-state index is 12.7. The summed E-state index contributed by atoms with van der Waals surface area (Å²) < 4.78 is 32.1. The van der Waals surface area contributed by atoms with Crippen LogP contribution in [0.5, 0.6) is 0 Å². The number of aryl methyl sites for hydroxylation is 1. The van der Waals surface area contributed by atoms with E-state index in [1.165, 1.54) is 4.31 Å². The second-order valence-corrected chi connectivity index (χ2v) is 7.55. The maximum atomic E-state index is 12.7. The van der Waals surface area contributed by atoms with Crippen LogP contribution in [0.3, 0.4) is 0 Å². The molecule has 22 heavy (non-hydrogen) atoms. The lowest BCUT2D eigenvalue weighted by atomic mass is 10.1. The van der Waals surface area contributed by atoms with Gasteiger partial charge in [0.05, 0.1) is 18.1 Å². The van der Waals surface area contributed by atoms with E-state index < -0.39 is 10.0 Å². The van der Waals surface area contributed by atoms with Crippen molar-refractivity contribution >= 4 is 21.6 Å². The number of amides is 1. The molecule has 2 aliphatic heterocycles. The molecule has 0 bridgehead atoms. The molecule has 1 aromatic rings. The summed E-state index contributed by atoms with van der Waals surface area (Å²) in [5, 5.41) is 0. The first-order chi connectivity index (χ1) is 10.5. The number of carbonyl (C=O) groups is 1. The number of nitrogens with zero attached hydrogens (tertiary/aromatic N) is 2. The first kappa shape index (κ1) is 15.5. The lowest BCUT2D eigenvalue weighted by Gasteiger charge is -2.26. The topological polar surface area (TPSA) is 66.9 Å². The van der Waals surface area contributed by atoms with Gasteiger partial charge >= 0.3 is 0 Å². The molecule has 1 fully saturated rings. The van der Waals surface area contributed by atoms with E-state index in [2.05, 4.69) is 0 Å². The average molecular weight is 324 g/mol. The SMILES string of the molecule is CN1C(=O)CCCc2cc(S(=O)(=O)N3CCOCC3)ccc21. The van der Waals surface area contributed by atoms with Gasteiger partial charge in [-0.3, -0.25) is 4.79 Å². The van der Waals surface area contributed by atoms with Crippen molar-refractivity contribution in [2.24, 2.45) is 0 Å². The van der Waals surface area contributed by atoms with E-state index >= 15 is 0 Å². The summed E-state index contributed by atoms with van der Waals surface area (Å²) in [5.41, 5.74) is 1.73. The summed E-state index contributed by atoms with van der Waals surface area (Å²) in [7, 11) is -1.75. The normalized spacial score (nSPS) is 20.6. The Hall–Kier alpha value is -1.44. The van der Waals surface area contributed by atoms with Crippen molar-refractivity contribution in [3.63, 3.8) is 0 Å². The van der Waals surface area contributed by atoms with Gasteiger partial charge in [0.25, 0.3) is 0 Å². The second kappa shape index (κ2) is 5.98. The summed E-state index contributed by atoms with van der Waals surface area (Å²) in [4.78, 5) is 13.8. The smallest absolute Gasteiger partial charge is 0.243 e. The molecule has 7 heteroatoms. The van der Waals surface area contributed by atoms with Gasteiger partial charge in [-0.1, -0.05) is 0 Å². The highest BCUT2D eigenvalue weighted by Gasteiger charge is 2.28. The standard InChI is InChI=1S/C15H20N2O4S/c1-16-14-6-5-13(11-12(14)3-2-4-15(16)18)22(19,20)17-7-9-21-10-8-17/h5-6,11H,2-4,7-10H2,1H3. The molecule has 0 N–H and O–H groups in total. The lowest BCUT2D eigenvalue weighted by molar-refractivity contribution is -0.118. The highest BCUT2D eigenvalue weighted by atomic mass is 32.2. The van der Waals surface area contributed by atoms with Gasteiger partial charge in [-0.15, -0.1) is 0 Å². The number of morpholine rings is 1. The van der Waals surface area contributed by atoms with Crippen LogP contribution < -0.4 is 4.90 Å². The molecular weight excluding hydrogens is 304 g/mol. The predicted octanol–water partition coefficient (Wildman–Crippen LogP) is 1.01. The number of sulfonamides is 1. The maximum Gasteiger partial charge on any atom is 0.243 e. The molecule has 120 valence electrons. The van der Waals surface area contributed by atoms with E-state index in [0.29, 0.717) is 37.6 Å². The highest BCUT2D eigenvalue weighted by molar-refractivity contribution is 7.89. The van der Waals surface area contributed by atoms with E-state index in [4.69, 9.17) is 4.74 Å². The second-order valence-electron chi connectivity index (χ2n) is 5.61. The first-order valence-electron chi connectivity index (χ1n) is 7.47. The van der Waals surface area contributed by atoms with Gasteiger partial charge in [0, 0.05) is 32.2 Å². The molecular formula is C15H20N2O4S. The van der Waals surface area contributed by atoms with Crippen LogP contribution in [0.2, 0.25) is 0 Å². The Labute approximate surface area is 130 Å². The fraction of sp³-hybridized carbons (Fsp3) is 0.533. The van der Waals surface area contributed by atoms with Crippen molar-refractivity contribution in [1.29, 1.82) is 0 Å². The minimum Gasteiger partial charge on any atom is -0.379 e. The van der Waals surface area contributed by atoms with E-state index in [9.17, 15) is 13.2 Å². The van der Waals surface area contributed by atoms with Crippen molar-refractivity contribution in [2.45, 2.75) is 24.2 Å². The zero-order valence-corrected chi connectivity index (χ0v) is 13.4. The molecule has 0 saturated carbocycles. The summed E-state index contributed by atoms with van der Waals surface area (Å²) in [5.74, 6) is 0.0718. The zero-order chi connectivity index (χ0) is 15.7. The quantitative estimate of drug-likeness (QED) is 0.814. The molecule has 2 aliphatic rings. The van der Waals surface area contributed by atoms with Crippen LogP contribution in [0.1, 0.15) is 18.4 Å². The number of rotatable bonds is 2. The van der Waals surface area contributed by atoms with Crippen molar-refractivity contribution in [3.8, 4) is 0 Å². The number of fused-ring (bicyclic) bond motifs is 1. The van der Waals surface area contributed by atoms with E-state index in [1.54, 1.807) is 30.1 Å². The number of hydrogen-bond donors (Lipinski definition) is 0. The Morgan fingerprint density at radius 1 is 1.14 bits per heavy atom. The fourth-order valence-electron chi connectivity index (χ4n) is 2.92. The predicted molar refractivity (Wildman–Crippen MR) is 82.4 cm³/mol. The Bertz CT molecular complexity index is 681. The molecule has 6 nitrogen and oxygen atoms in total. The van der Waals surface area contributed by atoms with Crippen molar-refractivity contribution in [2.75, 3.05) is 38.3 Å². The minimum absolute atomic E-state index is 0.0718. The van der Waals surface area contributed by atoms with Gasteiger partial charge in [0.2, 0.25) is 15.9 Å². The molecule has 2 heterocycles. The van der Waals surface area contributed by atoms with Crippen molar-refractivity contribution < 1.29 is 17.9 Å².